The molecule has 1 aromatic carbocycles. The van der Waals surface area contributed by atoms with Gasteiger partial charge in [0, 0.05) is 13.6 Å². The maximum Gasteiger partial charge on any atom is 0.218 e. The van der Waals surface area contributed by atoms with Crippen molar-refractivity contribution in [2.24, 2.45) is 21.5 Å². The van der Waals surface area contributed by atoms with Crippen LogP contribution in [0.4, 0.5) is 0 Å². The molecule has 1 rings (SSSR count). The van der Waals surface area contributed by atoms with Crippen LogP contribution in [0, 0.1) is 6.92 Å². The maximum absolute atomic E-state index is 5.98. The van der Waals surface area contributed by atoms with Gasteiger partial charge in [0.15, 0.2) is 5.96 Å². The van der Waals surface area contributed by atoms with Crippen molar-refractivity contribution < 1.29 is 0 Å². The van der Waals surface area contributed by atoms with Crippen molar-refractivity contribution in [2.45, 2.75) is 58.9 Å². The largest absolute Gasteiger partial charge is 0.369 e. The fraction of sp³-hybridized carbons (Fsp3) is 0.579. The Morgan fingerprint density at radius 1 is 1.00 bits per heavy atom. The van der Waals surface area contributed by atoms with Gasteiger partial charge in [-0.2, -0.15) is 4.99 Å². The molecule has 0 saturated heterocycles. The van der Waals surface area contributed by atoms with Crippen LogP contribution >= 0.6 is 12.4 Å². The number of hydrogen-bond donors (Lipinski definition) is 2. The van der Waals surface area contributed by atoms with Crippen molar-refractivity contribution in [3.05, 3.63) is 35.4 Å². The van der Waals surface area contributed by atoms with E-state index in [9.17, 15) is 0 Å². The van der Waals surface area contributed by atoms with Gasteiger partial charge in [-0.15, -0.1) is 12.4 Å². The quantitative estimate of drug-likeness (QED) is 0.395. The molecule has 5 nitrogen and oxygen atoms in total. The molecule has 0 radical (unpaired) electrons. The lowest BCUT2D eigenvalue weighted by Gasteiger charge is -2.17. The predicted molar refractivity (Wildman–Crippen MR) is 111 cm³/mol. The summed E-state index contributed by atoms with van der Waals surface area (Å²) in [5.74, 6) is 0.650. The fourth-order valence-electron chi connectivity index (χ4n) is 2.35. The molecule has 0 saturated carbocycles. The number of aryl methyl sites for hydroxylation is 1. The van der Waals surface area contributed by atoms with Gasteiger partial charge in [0.25, 0.3) is 0 Å². The predicted octanol–water partition coefficient (Wildman–Crippen LogP) is 3.84. The smallest absolute Gasteiger partial charge is 0.218 e. The van der Waals surface area contributed by atoms with Crippen LogP contribution in [0.2, 0.25) is 0 Å². The van der Waals surface area contributed by atoms with Crippen LogP contribution in [0.15, 0.2) is 34.3 Å². The standard InChI is InChI=1S/C19H33N5.ClH/c1-4-5-6-7-8-9-14-24(3)19(21)23-18(20)22-15-17-12-10-16(2)11-13-17;/h10-13H,4-9,14-15H2,1-3H3,(H4,20,21,22,23);1H. The van der Waals surface area contributed by atoms with Gasteiger partial charge in [0.05, 0.1) is 6.54 Å². The van der Waals surface area contributed by atoms with Crippen LogP contribution in [0.5, 0.6) is 0 Å². The first kappa shape index (κ1) is 23.2. The second-order valence-corrected chi connectivity index (χ2v) is 6.32. The van der Waals surface area contributed by atoms with Crippen LogP contribution < -0.4 is 11.5 Å². The summed E-state index contributed by atoms with van der Waals surface area (Å²) >= 11 is 0. The summed E-state index contributed by atoms with van der Waals surface area (Å²) < 4.78 is 0. The highest BCUT2D eigenvalue weighted by Gasteiger charge is 2.02. The van der Waals surface area contributed by atoms with E-state index in [0.717, 1.165) is 18.5 Å². The fourth-order valence-corrected chi connectivity index (χ4v) is 2.35. The first-order valence-electron chi connectivity index (χ1n) is 8.93. The Morgan fingerprint density at radius 3 is 2.24 bits per heavy atom. The van der Waals surface area contributed by atoms with E-state index < -0.39 is 0 Å². The first-order chi connectivity index (χ1) is 11.5. The molecule has 0 aromatic heterocycles. The third kappa shape index (κ3) is 10.7. The molecule has 1 aromatic rings. The zero-order chi connectivity index (χ0) is 17.8. The maximum atomic E-state index is 5.98. The number of nitrogens with zero attached hydrogens (tertiary/aromatic N) is 3. The van der Waals surface area contributed by atoms with Crippen molar-refractivity contribution in [3.8, 4) is 0 Å². The number of aliphatic imine (C=N–C) groups is 2. The number of unbranched alkanes of at least 4 members (excludes halogenated alkanes) is 5. The van der Waals surface area contributed by atoms with Gasteiger partial charge in [0.2, 0.25) is 5.96 Å². The van der Waals surface area contributed by atoms with E-state index in [-0.39, 0.29) is 18.4 Å². The summed E-state index contributed by atoms with van der Waals surface area (Å²) in [7, 11) is 1.94. The summed E-state index contributed by atoms with van der Waals surface area (Å²) in [6.07, 6.45) is 7.57. The van der Waals surface area contributed by atoms with Gasteiger partial charge in [-0.25, -0.2) is 4.99 Å². The van der Waals surface area contributed by atoms with Crippen molar-refractivity contribution >= 4 is 24.3 Å². The molecule has 0 aliphatic carbocycles. The summed E-state index contributed by atoms with van der Waals surface area (Å²) in [6, 6.07) is 8.22. The number of nitrogens with two attached hydrogens (primary N) is 2. The van der Waals surface area contributed by atoms with Crippen LogP contribution in [-0.4, -0.2) is 30.4 Å². The van der Waals surface area contributed by atoms with Crippen molar-refractivity contribution in [1.29, 1.82) is 0 Å². The zero-order valence-electron chi connectivity index (χ0n) is 15.9. The van der Waals surface area contributed by atoms with Crippen molar-refractivity contribution in [1.82, 2.24) is 4.90 Å². The molecule has 0 aliphatic rings. The average molecular weight is 368 g/mol. The molecular formula is C19H34ClN5. The second kappa shape index (κ2) is 13.5. The minimum Gasteiger partial charge on any atom is -0.369 e. The summed E-state index contributed by atoms with van der Waals surface area (Å²) in [5.41, 5.74) is 14.2. The minimum absolute atomic E-state index is 0. The highest BCUT2D eigenvalue weighted by molar-refractivity contribution is 5.93. The Labute approximate surface area is 159 Å². The molecule has 25 heavy (non-hydrogen) atoms. The minimum atomic E-state index is 0. The molecule has 0 atom stereocenters. The molecule has 0 spiro atoms. The van der Waals surface area contributed by atoms with E-state index in [4.69, 9.17) is 11.5 Å². The molecule has 142 valence electrons. The Morgan fingerprint density at radius 2 is 1.60 bits per heavy atom. The average Bonchev–Trinajstić information content (AvgIpc) is 2.57. The second-order valence-electron chi connectivity index (χ2n) is 6.32. The summed E-state index contributed by atoms with van der Waals surface area (Å²) in [4.78, 5) is 10.4. The molecule has 0 fully saturated rings. The Balaban J connectivity index is 0.00000576. The van der Waals surface area contributed by atoms with E-state index in [1.165, 1.54) is 37.7 Å². The lowest BCUT2D eigenvalue weighted by molar-refractivity contribution is 0.462. The molecule has 4 N–H and O–H groups in total. The van der Waals surface area contributed by atoms with Crippen LogP contribution in [0.25, 0.3) is 0 Å². The Kier molecular flexibility index (Phi) is 12.6. The number of benzene rings is 1. The van der Waals surface area contributed by atoms with Gasteiger partial charge in [0.1, 0.15) is 0 Å². The monoisotopic (exact) mass is 367 g/mol. The lowest BCUT2D eigenvalue weighted by atomic mass is 10.1. The zero-order valence-corrected chi connectivity index (χ0v) is 16.7. The molecular weight excluding hydrogens is 334 g/mol. The topological polar surface area (TPSA) is 80.0 Å². The first-order valence-corrected chi connectivity index (χ1v) is 8.93. The van der Waals surface area contributed by atoms with Gasteiger partial charge in [-0.1, -0.05) is 68.9 Å². The Hall–Kier alpha value is -1.75. The third-order valence-electron chi connectivity index (χ3n) is 4.01. The lowest BCUT2D eigenvalue weighted by Crippen LogP contribution is -2.36. The Bertz CT molecular complexity index is 525. The van der Waals surface area contributed by atoms with Crippen molar-refractivity contribution in [3.63, 3.8) is 0 Å². The number of hydrogen-bond acceptors (Lipinski definition) is 1. The molecule has 0 amide bonds. The van der Waals surface area contributed by atoms with E-state index in [2.05, 4.69) is 36.0 Å². The van der Waals surface area contributed by atoms with Gasteiger partial charge < -0.3 is 16.4 Å². The number of rotatable bonds is 9. The van der Waals surface area contributed by atoms with Crippen molar-refractivity contribution in [2.75, 3.05) is 13.6 Å². The van der Waals surface area contributed by atoms with Gasteiger partial charge in [-0.05, 0) is 18.9 Å². The van der Waals surface area contributed by atoms with Crippen LogP contribution in [0.3, 0.4) is 0 Å². The third-order valence-corrected chi connectivity index (χ3v) is 4.01. The van der Waals surface area contributed by atoms with E-state index in [1.807, 2.05) is 24.1 Å². The van der Waals surface area contributed by atoms with E-state index >= 15 is 0 Å². The normalized spacial score (nSPS) is 12.0. The molecule has 0 aliphatic heterocycles. The van der Waals surface area contributed by atoms with Crippen LogP contribution in [-0.2, 0) is 6.54 Å². The van der Waals surface area contributed by atoms with Crippen LogP contribution in [0.1, 0.15) is 56.6 Å². The SMILES string of the molecule is CCCCCCCCN(C)C(N)=NC(N)=NCc1ccc(C)cc1.Cl. The molecule has 0 bridgehead atoms. The highest BCUT2D eigenvalue weighted by Crippen LogP contribution is 2.06. The number of halogens is 1. The van der Waals surface area contributed by atoms with E-state index in [0.29, 0.717) is 12.5 Å². The van der Waals surface area contributed by atoms with E-state index in [1.54, 1.807) is 0 Å². The molecule has 6 heteroatoms. The van der Waals surface area contributed by atoms with Gasteiger partial charge >= 0.3 is 0 Å². The highest BCUT2D eigenvalue weighted by atomic mass is 35.5. The van der Waals surface area contributed by atoms with Gasteiger partial charge in [-0.3, -0.25) is 0 Å². The molecule has 0 unspecified atom stereocenters. The summed E-state index contributed by atoms with van der Waals surface area (Å²) in [6.45, 7) is 5.71. The number of guanidine groups is 2. The molecule has 0 heterocycles. The summed E-state index contributed by atoms with van der Waals surface area (Å²) in [5, 5.41) is 0.